The first-order valence-electron chi connectivity index (χ1n) is 8.73. The number of nitrogens with zero attached hydrogens (tertiary/aromatic N) is 2. The Labute approximate surface area is 169 Å². The molecule has 1 heterocycles. The first-order chi connectivity index (χ1) is 12.9. The Morgan fingerprint density at radius 2 is 1.96 bits per heavy atom. The van der Waals surface area contributed by atoms with E-state index < -0.39 is 0 Å². The molecule has 1 aliphatic rings. The molecule has 1 aliphatic heterocycles. The van der Waals surface area contributed by atoms with Crippen LogP contribution in [0.5, 0.6) is 11.5 Å². The smallest absolute Gasteiger partial charge is 0.253 e. The van der Waals surface area contributed by atoms with E-state index in [1.807, 2.05) is 24.3 Å². The lowest BCUT2D eigenvalue weighted by molar-refractivity contribution is 0.0709. The zero-order valence-electron chi connectivity index (χ0n) is 15.5. The van der Waals surface area contributed by atoms with Crippen molar-refractivity contribution in [3.8, 4) is 11.5 Å². The minimum Gasteiger partial charge on any atom is -0.494 e. The number of methoxy groups -OCH3 is 1. The monoisotopic (exact) mass is 408 g/mol. The zero-order chi connectivity index (χ0) is 19.6. The van der Waals surface area contributed by atoms with Gasteiger partial charge >= 0.3 is 0 Å². The zero-order valence-corrected chi connectivity index (χ0v) is 17.0. The molecule has 0 saturated carbocycles. The third kappa shape index (κ3) is 4.09. The first-order valence-corrected chi connectivity index (χ1v) is 9.49. The SMILES string of the molecule is CCN1C[C@@H](CN(C)C(=O)c2cc(Cl)c(OC)c(Cl)c2)Oc2ccccc21. The summed E-state index contributed by atoms with van der Waals surface area (Å²) in [6.07, 6.45) is -0.127. The summed E-state index contributed by atoms with van der Waals surface area (Å²) in [6, 6.07) is 11.1. The Morgan fingerprint density at radius 1 is 1.30 bits per heavy atom. The Morgan fingerprint density at radius 3 is 2.59 bits per heavy atom. The molecule has 1 atom stereocenters. The molecular formula is C20H22Cl2N2O3. The maximum Gasteiger partial charge on any atom is 0.253 e. The van der Waals surface area contributed by atoms with Crippen molar-refractivity contribution >= 4 is 34.8 Å². The van der Waals surface area contributed by atoms with E-state index in [0.717, 1.165) is 24.5 Å². The van der Waals surface area contributed by atoms with Crippen LogP contribution < -0.4 is 14.4 Å². The number of likely N-dealkylation sites (N-methyl/N-ethyl adjacent to an activating group) is 2. The van der Waals surface area contributed by atoms with Crippen LogP contribution in [0.3, 0.4) is 0 Å². The number of halogens is 2. The van der Waals surface area contributed by atoms with E-state index in [4.69, 9.17) is 32.7 Å². The highest BCUT2D eigenvalue weighted by Crippen LogP contribution is 2.35. The number of hydrogen-bond donors (Lipinski definition) is 0. The van der Waals surface area contributed by atoms with E-state index in [0.29, 0.717) is 27.9 Å². The molecule has 27 heavy (non-hydrogen) atoms. The molecule has 0 fully saturated rings. The van der Waals surface area contributed by atoms with Gasteiger partial charge in [-0.3, -0.25) is 4.79 Å². The van der Waals surface area contributed by atoms with Crippen LogP contribution in [0.15, 0.2) is 36.4 Å². The summed E-state index contributed by atoms with van der Waals surface area (Å²) < 4.78 is 11.2. The fourth-order valence-corrected chi connectivity index (χ4v) is 3.90. The average molecular weight is 409 g/mol. The van der Waals surface area contributed by atoms with Gasteiger partial charge in [0, 0.05) is 19.2 Å². The number of hydrogen-bond acceptors (Lipinski definition) is 4. The molecule has 0 aliphatic carbocycles. The van der Waals surface area contributed by atoms with Crippen molar-refractivity contribution in [3.63, 3.8) is 0 Å². The predicted octanol–water partition coefficient (Wildman–Crippen LogP) is 4.36. The van der Waals surface area contributed by atoms with Gasteiger partial charge in [-0.2, -0.15) is 0 Å². The van der Waals surface area contributed by atoms with Crippen LogP contribution in [0.25, 0.3) is 0 Å². The molecule has 1 amide bonds. The van der Waals surface area contributed by atoms with Gasteiger partial charge in [-0.1, -0.05) is 35.3 Å². The van der Waals surface area contributed by atoms with E-state index in [-0.39, 0.29) is 12.0 Å². The van der Waals surface area contributed by atoms with Crippen LogP contribution in [-0.2, 0) is 0 Å². The molecule has 0 spiro atoms. The third-order valence-electron chi connectivity index (χ3n) is 4.58. The van der Waals surface area contributed by atoms with Crippen molar-refractivity contribution in [1.29, 1.82) is 0 Å². The van der Waals surface area contributed by atoms with Crippen LogP contribution >= 0.6 is 23.2 Å². The highest BCUT2D eigenvalue weighted by molar-refractivity contribution is 6.37. The summed E-state index contributed by atoms with van der Waals surface area (Å²) in [7, 11) is 3.23. The summed E-state index contributed by atoms with van der Waals surface area (Å²) in [4.78, 5) is 16.7. The van der Waals surface area contributed by atoms with E-state index >= 15 is 0 Å². The summed E-state index contributed by atoms with van der Waals surface area (Å²) in [5.74, 6) is 1.03. The molecule has 5 nitrogen and oxygen atoms in total. The Kier molecular flexibility index (Phi) is 6.02. The summed E-state index contributed by atoms with van der Waals surface area (Å²) in [5, 5.41) is 0.614. The number of benzene rings is 2. The molecular weight excluding hydrogens is 387 g/mol. The molecule has 7 heteroatoms. The van der Waals surface area contributed by atoms with E-state index in [2.05, 4.69) is 11.8 Å². The van der Waals surface area contributed by atoms with Gasteiger partial charge in [-0.05, 0) is 31.2 Å². The predicted molar refractivity (Wildman–Crippen MR) is 109 cm³/mol. The van der Waals surface area contributed by atoms with Crippen molar-refractivity contribution in [3.05, 3.63) is 52.0 Å². The molecule has 2 aromatic carbocycles. The van der Waals surface area contributed by atoms with Gasteiger partial charge in [-0.15, -0.1) is 0 Å². The average Bonchev–Trinajstić information content (AvgIpc) is 2.66. The fourth-order valence-electron chi connectivity index (χ4n) is 3.26. The number of ether oxygens (including phenoxy) is 2. The van der Waals surface area contributed by atoms with Gasteiger partial charge in [0.15, 0.2) is 5.75 Å². The van der Waals surface area contributed by atoms with Crippen molar-refractivity contribution in [2.45, 2.75) is 13.0 Å². The lowest BCUT2D eigenvalue weighted by Gasteiger charge is -2.37. The van der Waals surface area contributed by atoms with Crippen LogP contribution in [0.4, 0.5) is 5.69 Å². The minimum atomic E-state index is -0.174. The number of carbonyl (C=O) groups is 1. The summed E-state index contributed by atoms with van der Waals surface area (Å²) in [5.41, 5.74) is 1.50. The van der Waals surface area contributed by atoms with E-state index in [9.17, 15) is 4.79 Å². The summed E-state index contributed by atoms with van der Waals surface area (Å²) >= 11 is 12.3. The van der Waals surface area contributed by atoms with Gasteiger partial charge in [0.05, 0.1) is 35.9 Å². The standard InChI is InChI=1S/C20H22Cl2N2O3/c1-4-24-12-14(27-18-8-6-5-7-17(18)24)11-23(2)20(25)13-9-15(21)19(26-3)16(22)10-13/h5-10,14H,4,11-12H2,1-3H3/t14-/m1/s1. The normalized spacial score (nSPS) is 15.7. The first kappa shape index (κ1) is 19.6. The van der Waals surface area contributed by atoms with Gasteiger partial charge in [0.1, 0.15) is 11.9 Å². The number of amides is 1. The van der Waals surface area contributed by atoms with Crippen molar-refractivity contribution in [1.82, 2.24) is 4.90 Å². The molecule has 144 valence electrons. The quantitative estimate of drug-likeness (QED) is 0.736. The Bertz CT molecular complexity index is 821. The number of anilines is 1. The fraction of sp³-hybridized carbons (Fsp3) is 0.350. The second-order valence-electron chi connectivity index (χ2n) is 6.41. The van der Waals surface area contributed by atoms with Gasteiger partial charge in [0.25, 0.3) is 5.91 Å². The van der Waals surface area contributed by atoms with Crippen molar-refractivity contribution in [2.24, 2.45) is 0 Å². The van der Waals surface area contributed by atoms with Gasteiger partial charge in [0.2, 0.25) is 0 Å². The van der Waals surface area contributed by atoms with Crippen molar-refractivity contribution in [2.75, 3.05) is 38.7 Å². The maximum absolute atomic E-state index is 12.8. The molecule has 0 unspecified atom stereocenters. The Hall–Kier alpha value is -2.11. The molecule has 0 radical (unpaired) electrons. The molecule has 3 rings (SSSR count). The number of carbonyl (C=O) groups excluding carboxylic acids is 1. The van der Waals surface area contributed by atoms with Crippen LogP contribution in [0, 0.1) is 0 Å². The van der Waals surface area contributed by atoms with Crippen LogP contribution in [-0.4, -0.2) is 50.7 Å². The topological polar surface area (TPSA) is 42.0 Å². The second-order valence-corrected chi connectivity index (χ2v) is 7.22. The highest BCUT2D eigenvalue weighted by atomic mass is 35.5. The largest absolute Gasteiger partial charge is 0.494 e. The number of fused-ring (bicyclic) bond motifs is 1. The maximum atomic E-state index is 12.8. The molecule has 0 N–H and O–H groups in total. The third-order valence-corrected chi connectivity index (χ3v) is 5.14. The van der Waals surface area contributed by atoms with Crippen LogP contribution in [0.2, 0.25) is 10.0 Å². The molecule has 2 aromatic rings. The van der Waals surface area contributed by atoms with Crippen molar-refractivity contribution < 1.29 is 14.3 Å². The highest BCUT2D eigenvalue weighted by Gasteiger charge is 2.27. The lowest BCUT2D eigenvalue weighted by atomic mass is 10.1. The van der Waals surface area contributed by atoms with Gasteiger partial charge in [-0.25, -0.2) is 0 Å². The molecule has 0 bridgehead atoms. The minimum absolute atomic E-state index is 0.127. The second kappa shape index (κ2) is 8.28. The number of rotatable bonds is 5. The van der Waals surface area contributed by atoms with Crippen LogP contribution in [0.1, 0.15) is 17.3 Å². The Balaban J connectivity index is 1.74. The number of para-hydroxylation sites is 2. The van der Waals surface area contributed by atoms with E-state index in [1.165, 1.54) is 7.11 Å². The van der Waals surface area contributed by atoms with Gasteiger partial charge < -0.3 is 19.3 Å². The molecule has 0 aromatic heterocycles. The molecule has 0 saturated heterocycles. The van der Waals surface area contributed by atoms with E-state index in [1.54, 1.807) is 24.1 Å². The summed E-state index contributed by atoms with van der Waals surface area (Å²) in [6.45, 7) is 4.15. The lowest BCUT2D eigenvalue weighted by Crippen LogP contribution is -2.46.